The molecule has 90 valence electrons. The van der Waals surface area contributed by atoms with Crippen LogP contribution in [0.25, 0.3) is 0 Å². The Balaban J connectivity index is 0.00000106. The quantitative estimate of drug-likeness (QED) is 0.530. The van der Waals surface area contributed by atoms with Crippen LogP contribution < -0.4 is 0 Å². The van der Waals surface area contributed by atoms with E-state index in [1.807, 2.05) is 13.8 Å². The monoisotopic (exact) mass is 218 g/mol. The second-order valence-corrected chi connectivity index (χ2v) is 4.30. The molecule has 0 heterocycles. The third-order valence-electron chi connectivity index (χ3n) is 2.53. The molecule has 0 aromatic carbocycles. The molecule has 0 aliphatic heterocycles. The normalized spacial score (nSPS) is 15.5. The van der Waals surface area contributed by atoms with Crippen LogP contribution in [0.4, 0.5) is 0 Å². The Kier molecular flexibility index (Phi) is 7.62. The van der Waals surface area contributed by atoms with Crippen LogP contribution >= 0.6 is 0 Å². The van der Waals surface area contributed by atoms with Gasteiger partial charge in [-0.25, -0.2) is 0 Å². The van der Waals surface area contributed by atoms with E-state index in [0.29, 0.717) is 0 Å². The van der Waals surface area contributed by atoms with Crippen LogP contribution in [-0.4, -0.2) is 0 Å². The maximum atomic E-state index is 2.25. The summed E-state index contributed by atoms with van der Waals surface area (Å²) in [7, 11) is 0. The van der Waals surface area contributed by atoms with Crippen LogP contribution in [0, 0.1) is 0 Å². The molecule has 16 heavy (non-hydrogen) atoms. The lowest BCUT2D eigenvalue weighted by Crippen LogP contribution is -1.92. The van der Waals surface area contributed by atoms with Gasteiger partial charge in [-0.15, -0.1) is 0 Å². The molecule has 0 N–H and O–H groups in total. The van der Waals surface area contributed by atoms with E-state index in [1.54, 1.807) is 0 Å². The van der Waals surface area contributed by atoms with E-state index in [2.05, 4.69) is 52.0 Å². The Morgan fingerprint density at radius 2 is 1.62 bits per heavy atom. The Morgan fingerprint density at radius 1 is 1.00 bits per heavy atom. The van der Waals surface area contributed by atoms with Gasteiger partial charge in [-0.2, -0.15) is 0 Å². The zero-order chi connectivity index (χ0) is 12.6. The fourth-order valence-electron chi connectivity index (χ4n) is 1.47. The molecule has 0 nitrogen and oxygen atoms in total. The van der Waals surface area contributed by atoms with Gasteiger partial charge in [-0.1, -0.05) is 49.3 Å². The van der Waals surface area contributed by atoms with Gasteiger partial charge < -0.3 is 0 Å². The van der Waals surface area contributed by atoms with Crippen molar-refractivity contribution in [3.8, 4) is 0 Å². The fraction of sp³-hybridized carbons (Fsp3) is 0.500. The lowest BCUT2D eigenvalue weighted by molar-refractivity contribution is 0.912. The van der Waals surface area contributed by atoms with Crippen molar-refractivity contribution >= 4 is 0 Å². The van der Waals surface area contributed by atoms with E-state index < -0.39 is 0 Å². The van der Waals surface area contributed by atoms with Crippen molar-refractivity contribution in [3.05, 3.63) is 46.6 Å². The summed E-state index contributed by atoms with van der Waals surface area (Å²) in [5, 5.41) is 0. The van der Waals surface area contributed by atoms with Gasteiger partial charge in [0.05, 0.1) is 0 Å². The second kappa shape index (κ2) is 8.15. The van der Waals surface area contributed by atoms with Gasteiger partial charge in [-0.05, 0) is 51.7 Å². The standard InChI is InChI=1S/C14H20.C2H6/c1-11(2)5-8-13(4)14-9-6-12(3)7-10-14;1-2/h5-6,8-9H,7,10H2,1-4H3;1-2H3/b13-8+;. The van der Waals surface area contributed by atoms with Crippen LogP contribution in [0.3, 0.4) is 0 Å². The third kappa shape index (κ3) is 5.75. The second-order valence-electron chi connectivity index (χ2n) is 4.30. The smallest absolute Gasteiger partial charge is 0.0239 e. The fourth-order valence-corrected chi connectivity index (χ4v) is 1.47. The van der Waals surface area contributed by atoms with Gasteiger partial charge in [0, 0.05) is 0 Å². The summed E-state index contributed by atoms with van der Waals surface area (Å²) in [6, 6.07) is 0. The molecule has 0 radical (unpaired) electrons. The van der Waals surface area contributed by atoms with Crippen LogP contribution in [0.5, 0.6) is 0 Å². The summed E-state index contributed by atoms with van der Waals surface area (Å²) in [6.45, 7) is 12.6. The topological polar surface area (TPSA) is 0 Å². The van der Waals surface area contributed by atoms with Crippen molar-refractivity contribution in [1.82, 2.24) is 0 Å². The van der Waals surface area contributed by atoms with Gasteiger partial charge in [0.2, 0.25) is 0 Å². The van der Waals surface area contributed by atoms with Crippen LogP contribution in [0.15, 0.2) is 46.6 Å². The molecule has 0 unspecified atom stereocenters. The molecule has 0 saturated carbocycles. The van der Waals surface area contributed by atoms with E-state index in [9.17, 15) is 0 Å². The number of allylic oxidation sites excluding steroid dienone is 8. The summed E-state index contributed by atoms with van der Waals surface area (Å²) in [5.41, 5.74) is 5.72. The summed E-state index contributed by atoms with van der Waals surface area (Å²) >= 11 is 0. The van der Waals surface area contributed by atoms with Crippen molar-refractivity contribution in [3.63, 3.8) is 0 Å². The van der Waals surface area contributed by atoms with Crippen LogP contribution in [0.2, 0.25) is 0 Å². The first-order chi connectivity index (χ1) is 7.59. The summed E-state index contributed by atoms with van der Waals surface area (Å²) in [5.74, 6) is 0. The molecule has 0 heteroatoms. The molecule has 1 aliphatic carbocycles. The molecule has 0 fully saturated rings. The van der Waals surface area contributed by atoms with Crippen molar-refractivity contribution in [1.29, 1.82) is 0 Å². The predicted molar refractivity (Wildman–Crippen MR) is 75.6 cm³/mol. The number of hydrogen-bond acceptors (Lipinski definition) is 0. The Labute approximate surface area is 101 Å². The Morgan fingerprint density at radius 3 is 2.06 bits per heavy atom. The van der Waals surface area contributed by atoms with E-state index in [0.717, 1.165) is 0 Å². The highest BCUT2D eigenvalue weighted by Gasteiger charge is 2.03. The van der Waals surface area contributed by atoms with Crippen LogP contribution in [0.1, 0.15) is 54.4 Å². The highest BCUT2D eigenvalue weighted by Crippen LogP contribution is 2.23. The average molecular weight is 218 g/mol. The lowest BCUT2D eigenvalue weighted by atomic mass is 9.94. The van der Waals surface area contributed by atoms with E-state index in [4.69, 9.17) is 0 Å². The van der Waals surface area contributed by atoms with E-state index in [-0.39, 0.29) is 0 Å². The Bertz CT molecular complexity index is 318. The number of rotatable bonds is 2. The summed E-state index contributed by atoms with van der Waals surface area (Å²) in [4.78, 5) is 0. The lowest BCUT2D eigenvalue weighted by Gasteiger charge is -2.12. The van der Waals surface area contributed by atoms with Gasteiger partial charge in [0.25, 0.3) is 0 Å². The number of hydrogen-bond donors (Lipinski definition) is 0. The van der Waals surface area contributed by atoms with Crippen molar-refractivity contribution in [2.45, 2.75) is 54.4 Å². The molecule has 1 aliphatic rings. The van der Waals surface area contributed by atoms with Crippen LogP contribution in [-0.2, 0) is 0 Å². The van der Waals surface area contributed by atoms with Gasteiger partial charge in [0.15, 0.2) is 0 Å². The maximum Gasteiger partial charge on any atom is -0.0239 e. The van der Waals surface area contributed by atoms with E-state index >= 15 is 0 Å². The molecular weight excluding hydrogens is 192 g/mol. The van der Waals surface area contributed by atoms with E-state index in [1.165, 1.54) is 35.1 Å². The van der Waals surface area contributed by atoms with Gasteiger partial charge in [0.1, 0.15) is 0 Å². The first kappa shape index (κ1) is 15.0. The highest BCUT2D eigenvalue weighted by molar-refractivity contribution is 5.38. The maximum absolute atomic E-state index is 2.25. The zero-order valence-electron chi connectivity index (χ0n) is 11.7. The Hall–Kier alpha value is -1.04. The largest absolute Gasteiger partial charge is 0.0764 e. The highest BCUT2D eigenvalue weighted by atomic mass is 14.1. The molecule has 0 bridgehead atoms. The minimum absolute atomic E-state index is 1.20. The average Bonchev–Trinajstić information content (AvgIpc) is 2.29. The molecule has 0 saturated heterocycles. The molecule has 0 aromatic heterocycles. The van der Waals surface area contributed by atoms with Crippen molar-refractivity contribution in [2.24, 2.45) is 0 Å². The minimum Gasteiger partial charge on any atom is -0.0764 e. The molecule has 0 aromatic rings. The molecular formula is C16H26. The first-order valence-corrected chi connectivity index (χ1v) is 6.28. The third-order valence-corrected chi connectivity index (χ3v) is 2.53. The predicted octanol–water partition coefficient (Wildman–Crippen LogP) is 5.59. The molecule has 0 atom stereocenters. The summed E-state index contributed by atoms with van der Waals surface area (Å²) < 4.78 is 0. The molecule has 1 rings (SSSR count). The summed E-state index contributed by atoms with van der Waals surface area (Å²) in [6.07, 6.45) is 11.3. The SMILES string of the molecule is CC.CC(C)=C/C=C(\C)C1=CC=C(C)CC1. The van der Waals surface area contributed by atoms with Gasteiger partial charge in [-0.3, -0.25) is 0 Å². The molecule has 0 amide bonds. The van der Waals surface area contributed by atoms with Gasteiger partial charge >= 0.3 is 0 Å². The zero-order valence-corrected chi connectivity index (χ0v) is 11.7. The van der Waals surface area contributed by atoms with Crippen molar-refractivity contribution in [2.75, 3.05) is 0 Å². The first-order valence-electron chi connectivity index (χ1n) is 6.28. The van der Waals surface area contributed by atoms with Crippen molar-refractivity contribution < 1.29 is 0 Å². The molecule has 0 spiro atoms. The minimum atomic E-state index is 1.20.